The van der Waals surface area contributed by atoms with Crippen LogP contribution in [0.1, 0.15) is 21.7 Å². The van der Waals surface area contributed by atoms with E-state index >= 15 is 0 Å². The average molecular weight is 216 g/mol. The summed E-state index contributed by atoms with van der Waals surface area (Å²) >= 11 is 0. The number of ether oxygens (including phenoxy) is 1. The number of benzene rings is 1. The Hall–Kier alpha value is -2.10. The van der Waals surface area contributed by atoms with Crippen molar-refractivity contribution in [2.24, 2.45) is 0 Å². The van der Waals surface area contributed by atoms with E-state index in [1.165, 1.54) is 0 Å². The molecule has 1 aromatic heterocycles. The number of nitrogens with one attached hydrogen (secondary N) is 1. The molecular weight excluding hydrogens is 204 g/mol. The Kier molecular flexibility index (Phi) is 3.00. The second kappa shape index (κ2) is 4.61. The summed E-state index contributed by atoms with van der Waals surface area (Å²) < 4.78 is 5.14. The lowest BCUT2D eigenvalue weighted by Crippen LogP contribution is -1.90. The molecule has 1 heterocycles. The quantitative estimate of drug-likeness (QED) is 0.793. The van der Waals surface area contributed by atoms with E-state index in [1.54, 1.807) is 13.2 Å². The molecular formula is C12H12N2O2. The van der Waals surface area contributed by atoms with Gasteiger partial charge < -0.3 is 4.74 Å². The van der Waals surface area contributed by atoms with Crippen molar-refractivity contribution in [1.82, 2.24) is 10.2 Å². The molecule has 0 aliphatic heterocycles. The van der Waals surface area contributed by atoms with Crippen molar-refractivity contribution in [2.75, 3.05) is 7.11 Å². The molecule has 0 radical (unpaired) electrons. The highest BCUT2D eigenvalue weighted by molar-refractivity contribution is 5.71. The number of carbonyl (C=O) groups excluding carboxylic acids is 1. The number of aromatic nitrogens is 2. The van der Waals surface area contributed by atoms with E-state index in [1.807, 2.05) is 24.3 Å². The summed E-state index contributed by atoms with van der Waals surface area (Å²) in [6, 6.07) is 9.54. The van der Waals surface area contributed by atoms with E-state index in [0.717, 1.165) is 23.3 Å². The maximum atomic E-state index is 10.5. The van der Waals surface area contributed by atoms with Gasteiger partial charge in [-0.15, -0.1) is 0 Å². The number of H-pyrrole nitrogens is 1. The van der Waals surface area contributed by atoms with Crippen molar-refractivity contribution in [3.05, 3.63) is 47.3 Å². The summed E-state index contributed by atoms with van der Waals surface area (Å²) in [5.41, 5.74) is 2.45. The highest BCUT2D eigenvalue weighted by atomic mass is 16.5. The second-order valence-electron chi connectivity index (χ2n) is 3.46. The SMILES string of the molecule is COc1cccc(Cc2cc(C=O)n[nH]2)c1. The lowest BCUT2D eigenvalue weighted by Gasteiger charge is -2.02. The number of aromatic amines is 1. The molecule has 1 aromatic carbocycles. The smallest absolute Gasteiger partial charge is 0.170 e. The van der Waals surface area contributed by atoms with Gasteiger partial charge in [-0.05, 0) is 23.8 Å². The molecule has 1 N–H and O–H groups in total. The predicted octanol–water partition coefficient (Wildman–Crippen LogP) is 1.82. The van der Waals surface area contributed by atoms with Crippen molar-refractivity contribution in [1.29, 1.82) is 0 Å². The van der Waals surface area contributed by atoms with Crippen LogP contribution >= 0.6 is 0 Å². The summed E-state index contributed by atoms with van der Waals surface area (Å²) in [4.78, 5) is 10.5. The molecule has 0 spiro atoms. The Morgan fingerprint density at radius 3 is 3.00 bits per heavy atom. The summed E-state index contributed by atoms with van der Waals surface area (Å²) in [5.74, 6) is 0.827. The summed E-state index contributed by atoms with van der Waals surface area (Å²) in [5, 5.41) is 6.67. The van der Waals surface area contributed by atoms with Crippen LogP contribution in [0.25, 0.3) is 0 Å². The van der Waals surface area contributed by atoms with Crippen molar-refractivity contribution in [3.8, 4) is 5.75 Å². The summed E-state index contributed by atoms with van der Waals surface area (Å²) in [6.07, 6.45) is 1.43. The Morgan fingerprint density at radius 1 is 1.44 bits per heavy atom. The highest BCUT2D eigenvalue weighted by Crippen LogP contribution is 2.15. The molecule has 0 atom stereocenters. The second-order valence-corrected chi connectivity index (χ2v) is 3.46. The van der Waals surface area contributed by atoms with Gasteiger partial charge in [-0.1, -0.05) is 12.1 Å². The van der Waals surface area contributed by atoms with Gasteiger partial charge in [-0.3, -0.25) is 9.89 Å². The van der Waals surface area contributed by atoms with Gasteiger partial charge in [-0.2, -0.15) is 5.10 Å². The van der Waals surface area contributed by atoms with Gasteiger partial charge >= 0.3 is 0 Å². The monoisotopic (exact) mass is 216 g/mol. The van der Waals surface area contributed by atoms with Crippen LogP contribution in [-0.2, 0) is 6.42 Å². The Morgan fingerprint density at radius 2 is 2.31 bits per heavy atom. The fourth-order valence-corrected chi connectivity index (χ4v) is 1.53. The molecule has 2 aromatic rings. The molecule has 0 aliphatic carbocycles. The van der Waals surface area contributed by atoms with E-state index in [0.29, 0.717) is 12.1 Å². The van der Waals surface area contributed by atoms with Gasteiger partial charge in [-0.25, -0.2) is 0 Å². The topological polar surface area (TPSA) is 55.0 Å². The Balaban J connectivity index is 2.16. The normalized spacial score (nSPS) is 10.1. The molecule has 0 fully saturated rings. The maximum Gasteiger partial charge on any atom is 0.170 e. The molecule has 0 aliphatic rings. The van der Waals surface area contributed by atoms with Gasteiger partial charge in [0.15, 0.2) is 6.29 Å². The third-order valence-corrected chi connectivity index (χ3v) is 2.30. The molecule has 0 saturated heterocycles. The van der Waals surface area contributed by atoms with Gasteiger partial charge in [0.1, 0.15) is 11.4 Å². The van der Waals surface area contributed by atoms with E-state index < -0.39 is 0 Å². The van der Waals surface area contributed by atoms with Gasteiger partial charge in [0.05, 0.1) is 7.11 Å². The average Bonchev–Trinajstić information content (AvgIpc) is 2.77. The molecule has 82 valence electrons. The van der Waals surface area contributed by atoms with Crippen molar-refractivity contribution in [3.63, 3.8) is 0 Å². The molecule has 4 nitrogen and oxygen atoms in total. The molecule has 0 bridgehead atoms. The standard InChI is InChI=1S/C12H12N2O2/c1-16-12-4-2-3-9(6-12)5-10-7-11(8-15)14-13-10/h2-4,6-8H,5H2,1H3,(H,13,14). The minimum Gasteiger partial charge on any atom is -0.497 e. The number of hydrogen-bond donors (Lipinski definition) is 1. The Labute approximate surface area is 93.3 Å². The zero-order valence-electron chi connectivity index (χ0n) is 8.93. The third-order valence-electron chi connectivity index (χ3n) is 2.30. The third kappa shape index (κ3) is 2.28. The maximum absolute atomic E-state index is 10.5. The first kappa shape index (κ1) is 10.4. The number of aldehydes is 1. The van der Waals surface area contributed by atoms with Crippen molar-refractivity contribution in [2.45, 2.75) is 6.42 Å². The molecule has 16 heavy (non-hydrogen) atoms. The largest absolute Gasteiger partial charge is 0.497 e. The predicted molar refractivity (Wildman–Crippen MR) is 59.8 cm³/mol. The molecule has 4 heteroatoms. The van der Waals surface area contributed by atoms with E-state index in [2.05, 4.69) is 10.2 Å². The highest BCUT2D eigenvalue weighted by Gasteiger charge is 2.02. The Bertz CT molecular complexity index is 491. The zero-order chi connectivity index (χ0) is 11.4. The van der Waals surface area contributed by atoms with Gasteiger partial charge in [0.2, 0.25) is 0 Å². The van der Waals surface area contributed by atoms with Crippen molar-refractivity contribution >= 4 is 6.29 Å². The lowest BCUT2D eigenvalue weighted by atomic mass is 10.1. The first-order valence-electron chi connectivity index (χ1n) is 4.94. The minimum absolute atomic E-state index is 0.429. The fourth-order valence-electron chi connectivity index (χ4n) is 1.53. The number of nitrogens with zero attached hydrogens (tertiary/aromatic N) is 1. The van der Waals surface area contributed by atoms with Crippen LogP contribution in [0.3, 0.4) is 0 Å². The van der Waals surface area contributed by atoms with Crippen LogP contribution in [0.4, 0.5) is 0 Å². The molecule has 0 amide bonds. The van der Waals surface area contributed by atoms with Crippen LogP contribution in [-0.4, -0.2) is 23.6 Å². The van der Waals surface area contributed by atoms with E-state index in [-0.39, 0.29) is 0 Å². The first-order chi connectivity index (χ1) is 7.81. The van der Waals surface area contributed by atoms with E-state index in [9.17, 15) is 4.79 Å². The van der Waals surface area contributed by atoms with Gasteiger partial charge in [0.25, 0.3) is 0 Å². The summed E-state index contributed by atoms with van der Waals surface area (Å²) in [6.45, 7) is 0. The first-order valence-corrected chi connectivity index (χ1v) is 4.94. The minimum atomic E-state index is 0.429. The number of methoxy groups -OCH3 is 1. The molecule has 0 unspecified atom stereocenters. The van der Waals surface area contributed by atoms with Crippen LogP contribution < -0.4 is 4.74 Å². The van der Waals surface area contributed by atoms with Crippen LogP contribution in [0.2, 0.25) is 0 Å². The molecule has 2 rings (SSSR count). The van der Waals surface area contributed by atoms with Crippen molar-refractivity contribution < 1.29 is 9.53 Å². The van der Waals surface area contributed by atoms with Crippen LogP contribution in [0, 0.1) is 0 Å². The number of rotatable bonds is 4. The fraction of sp³-hybridized carbons (Fsp3) is 0.167. The van der Waals surface area contributed by atoms with Gasteiger partial charge in [0, 0.05) is 12.1 Å². The number of hydrogen-bond acceptors (Lipinski definition) is 3. The van der Waals surface area contributed by atoms with E-state index in [4.69, 9.17) is 4.74 Å². The number of carbonyl (C=O) groups is 1. The van der Waals surface area contributed by atoms with Crippen LogP contribution in [0.5, 0.6) is 5.75 Å². The summed E-state index contributed by atoms with van der Waals surface area (Å²) in [7, 11) is 1.64. The molecule has 0 saturated carbocycles. The van der Waals surface area contributed by atoms with Crippen LogP contribution in [0.15, 0.2) is 30.3 Å². The lowest BCUT2D eigenvalue weighted by molar-refractivity contribution is 0.111. The zero-order valence-corrected chi connectivity index (χ0v) is 8.93.